The monoisotopic (exact) mass is 266 g/mol. The van der Waals surface area contributed by atoms with Crippen molar-refractivity contribution in [3.05, 3.63) is 17.5 Å². The third-order valence-electron chi connectivity index (χ3n) is 3.53. The average molecular weight is 266 g/mol. The zero-order chi connectivity index (χ0) is 13.9. The van der Waals surface area contributed by atoms with Crippen molar-refractivity contribution in [3.8, 4) is 0 Å². The predicted molar refractivity (Wildman–Crippen MR) is 70.6 cm³/mol. The highest BCUT2D eigenvalue weighted by Crippen LogP contribution is 2.24. The highest BCUT2D eigenvalue weighted by atomic mass is 16.5. The van der Waals surface area contributed by atoms with Gasteiger partial charge in [0.05, 0.1) is 6.54 Å². The van der Waals surface area contributed by atoms with E-state index in [9.17, 15) is 4.79 Å². The number of carbonyl (C=O) groups is 1. The van der Waals surface area contributed by atoms with E-state index in [0.29, 0.717) is 19.1 Å². The van der Waals surface area contributed by atoms with Crippen LogP contribution in [0.4, 0.5) is 0 Å². The van der Waals surface area contributed by atoms with Gasteiger partial charge in [-0.05, 0) is 26.2 Å². The first kappa shape index (κ1) is 14.1. The minimum Gasteiger partial charge on any atom is -0.365 e. The molecule has 1 fully saturated rings. The van der Waals surface area contributed by atoms with Crippen molar-refractivity contribution in [2.75, 3.05) is 6.61 Å². The molecular formula is C14H22N2O3. The predicted octanol–water partition coefficient (Wildman–Crippen LogP) is 2.37. The summed E-state index contributed by atoms with van der Waals surface area (Å²) >= 11 is 0. The number of nitrogens with one attached hydrogen (secondary N) is 1. The van der Waals surface area contributed by atoms with Gasteiger partial charge >= 0.3 is 0 Å². The van der Waals surface area contributed by atoms with Crippen molar-refractivity contribution < 1.29 is 14.1 Å². The first-order valence-corrected chi connectivity index (χ1v) is 6.89. The molecule has 1 N–H and O–H groups in total. The van der Waals surface area contributed by atoms with Gasteiger partial charge in [-0.2, -0.15) is 0 Å². The first-order chi connectivity index (χ1) is 9.01. The lowest BCUT2D eigenvalue weighted by Gasteiger charge is -2.32. The van der Waals surface area contributed by atoms with E-state index in [1.165, 1.54) is 0 Å². The van der Waals surface area contributed by atoms with Gasteiger partial charge in [-0.15, -0.1) is 0 Å². The van der Waals surface area contributed by atoms with Crippen LogP contribution in [0.3, 0.4) is 0 Å². The number of ether oxygens (including phenoxy) is 1. The van der Waals surface area contributed by atoms with Gasteiger partial charge in [0, 0.05) is 18.6 Å². The van der Waals surface area contributed by atoms with E-state index in [4.69, 9.17) is 9.26 Å². The van der Waals surface area contributed by atoms with E-state index >= 15 is 0 Å². The number of aromatic nitrogens is 1. The molecule has 2 rings (SSSR count). The Morgan fingerprint density at radius 2 is 2.32 bits per heavy atom. The minimum atomic E-state index is -0.692. The molecule has 0 spiro atoms. The van der Waals surface area contributed by atoms with Gasteiger partial charge in [0.25, 0.3) is 5.91 Å². The fourth-order valence-corrected chi connectivity index (χ4v) is 2.15. The standard InChI is InChI=1S/C14H22N2O3/c1-10(2)12-8-11(16-19-12)9-15-13(17)14(3)6-4-5-7-18-14/h8,10H,4-7,9H2,1-3H3,(H,15,17)/t14-/m1/s1. The molecule has 1 aliphatic rings. The van der Waals surface area contributed by atoms with Gasteiger partial charge in [0.15, 0.2) is 0 Å². The second-order valence-electron chi connectivity index (χ2n) is 5.59. The highest BCUT2D eigenvalue weighted by molar-refractivity contribution is 5.84. The molecule has 2 heterocycles. The van der Waals surface area contributed by atoms with Crippen LogP contribution in [-0.4, -0.2) is 23.3 Å². The van der Waals surface area contributed by atoms with E-state index in [-0.39, 0.29) is 5.91 Å². The molecule has 19 heavy (non-hydrogen) atoms. The fourth-order valence-electron chi connectivity index (χ4n) is 2.15. The lowest BCUT2D eigenvalue weighted by Crippen LogP contribution is -2.48. The van der Waals surface area contributed by atoms with Crippen LogP contribution in [0.2, 0.25) is 0 Å². The maximum atomic E-state index is 12.1. The molecule has 0 saturated carbocycles. The summed E-state index contributed by atoms with van der Waals surface area (Å²) < 4.78 is 10.8. The van der Waals surface area contributed by atoms with E-state index in [1.54, 1.807) is 0 Å². The number of nitrogens with zero attached hydrogens (tertiary/aromatic N) is 1. The van der Waals surface area contributed by atoms with Crippen molar-refractivity contribution >= 4 is 5.91 Å². The molecule has 1 saturated heterocycles. The molecule has 0 aliphatic carbocycles. The lowest BCUT2D eigenvalue weighted by atomic mass is 9.95. The van der Waals surface area contributed by atoms with Crippen LogP contribution in [0.5, 0.6) is 0 Å². The van der Waals surface area contributed by atoms with E-state index < -0.39 is 5.60 Å². The van der Waals surface area contributed by atoms with Gasteiger partial charge < -0.3 is 14.6 Å². The molecule has 1 aromatic rings. The maximum absolute atomic E-state index is 12.1. The van der Waals surface area contributed by atoms with E-state index in [0.717, 1.165) is 30.7 Å². The summed E-state index contributed by atoms with van der Waals surface area (Å²) in [7, 11) is 0. The largest absolute Gasteiger partial charge is 0.365 e. The molecule has 1 atom stereocenters. The van der Waals surface area contributed by atoms with E-state index in [1.807, 2.05) is 26.8 Å². The average Bonchev–Trinajstić information content (AvgIpc) is 2.85. The number of hydrogen-bond donors (Lipinski definition) is 1. The molecule has 0 aromatic carbocycles. The molecule has 1 aliphatic heterocycles. The molecule has 5 heteroatoms. The zero-order valence-corrected chi connectivity index (χ0v) is 11.9. The Kier molecular flexibility index (Phi) is 4.24. The minimum absolute atomic E-state index is 0.0682. The highest BCUT2D eigenvalue weighted by Gasteiger charge is 2.35. The summed E-state index contributed by atoms with van der Waals surface area (Å²) in [6.45, 7) is 6.97. The van der Waals surface area contributed by atoms with Crippen LogP contribution in [-0.2, 0) is 16.1 Å². The molecular weight excluding hydrogens is 244 g/mol. The lowest BCUT2D eigenvalue weighted by molar-refractivity contribution is -0.150. The SMILES string of the molecule is CC(C)c1cc(CNC(=O)[C@@]2(C)CCCCO2)no1. The normalized spacial score (nSPS) is 23.6. The maximum Gasteiger partial charge on any atom is 0.252 e. The van der Waals surface area contributed by atoms with Crippen LogP contribution in [0.15, 0.2) is 10.6 Å². The van der Waals surface area contributed by atoms with Crippen LogP contribution < -0.4 is 5.32 Å². The van der Waals surface area contributed by atoms with Gasteiger partial charge in [0.2, 0.25) is 0 Å². The van der Waals surface area contributed by atoms with Crippen molar-refractivity contribution in [3.63, 3.8) is 0 Å². The third kappa shape index (κ3) is 3.35. The Morgan fingerprint density at radius 1 is 1.53 bits per heavy atom. The summed E-state index contributed by atoms with van der Waals surface area (Å²) in [6.07, 6.45) is 2.84. The molecule has 0 bridgehead atoms. The molecule has 1 amide bonds. The summed E-state index contributed by atoms with van der Waals surface area (Å²) in [5.74, 6) is 1.07. The topological polar surface area (TPSA) is 64.4 Å². The number of rotatable bonds is 4. The summed E-state index contributed by atoms with van der Waals surface area (Å²) in [5.41, 5.74) is 0.0551. The second-order valence-corrected chi connectivity index (χ2v) is 5.59. The quantitative estimate of drug-likeness (QED) is 0.908. The number of carbonyl (C=O) groups excluding carboxylic acids is 1. The van der Waals surface area contributed by atoms with Crippen LogP contribution in [0.25, 0.3) is 0 Å². The Morgan fingerprint density at radius 3 is 2.89 bits per heavy atom. The van der Waals surface area contributed by atoms with Crippen molar-refractivity contribution in [1.82, 2.24) is 10.5 Å². The molecule has 5 nitrogen and oxygen atoms in total. The summed E-state index contributed by atoms with van der Waals surface area (Å²) in [4.78, 5) is 12.1. The smallest absolute Gasteiger partial charge is 0.252 e. The van der Waals surface area contributed by atoms with Crippen LogP contribution in [0.1, 0.15) is 57.4 Å². The number of hydrogen-bond acceptors (Lipinski definition) is 4. The number of amides is 1. The molecule has 1 aromatic heterocycles. The fraction of sp³-hybridized carbons (Fsp3) is 0.714. The van der Waals surface area contributed by atoms with Gasteiger partial charge in [-0.25, -0.2) is 0 Å². The Hall–Kier alpha value is -1.36. The summed E-state index contributed by atoms with van der Waals surface area (Å²) in [5, 5.41) is 6.82. The van der Waals surface area contributed by atoms with Crippen LogP contribution >= 0.6 is 0 Å². The Labute approximate surface area is 113 Å². The Balaban J connectivity index is 1.88. The van der Waals surface area contributed by atoms with Crippen molar-refractivity contribution in [1.29, 1.82) is 0 Å². The van der Waals surface area contributed by atoms with Gasteiger partial charge in [-0.3, -0.25) is 4.79 Å². The zero-order valence-electron chi connectivity index (χ0n) is 11.9. The van der Waals surface area contributed by atoms with E-state index in [2.05, 4.69) is 10.5 Å². The van der Waals surface area contributed by atoms with Crippen molar-refractivity contribution in [2.24, 2.45) is 0 Å². The molecule has 0 radical (unpaired) electrons. The first-order valence-electron chi connectivity index (χ1n) is 6.89. The summed E-state index contributed by atoms with van der Waals surface area (Å²) in [6, 6.07) is 1.88. The third-order valence-corrected chi connectivity index (χ3v) is 3.53. The molecule has 0 unspecified atom stereocenters. The Bertz CT molecular complexity index is 434. The van der Waals surface area contributed by atoms with Crippen LogP contribution in [0, 0.1) is 0 Å². The van der Waals surface area contributed by atoms with Crippen molar-refractivity contribution in [2.45, 2.75) is 58.1 Å². The van der Waals surface area contributed by atoms with Gasteiger partial charge in [-0.1, -0.05) is 19.0 Å². The van der Waals surface area contributed by atoms with Gasteiger partial charge in [0.1, 0.15) is 17.1 Å². The molecule has 106 valence electrons. The second kappa shape index (κ2) is 5.74.